The smallest absolute Gasteiger partial charge is 0.251 e. The van der Waals surface area contributed by atoms with Gasteiger partial charge in [0.15, 0.2) is 5.78 Å². The maximum absolute atomic E-state index is 12.7. The monoisotopic (exact) mass is 291 g/mol. The molecular weight excluding hydrogens is 277 g/mol. The molecule has 0 atom stereocenters. The molecule has 1 heterocycles. The topological polar surface area (TPSA) is 46.2 Å². The molecule has 0 saturated heterocycles. The van der Waals surface area contributed by atoms with Crippen molar-refractivity contribution in [2.75, 3.05) is 6.54 Å². The maximum atomic E-state index is 12.7. The molecule has 0 aliphatic carbocycles. The Morgan fingerprint density at radius 3 is 2.45 bits per heavy atom. The number of nitrogens with one attached hydrogen (secondary N) is 1. The van der Waals surface area contributed by atoms with Crippen molar-refractivity contribution < 1.29 is 14.0 Å². The summed E-state index contributed by atoms with van der Waals surface area (Å²) in [4.78, 5) is 24.7. The average molecular weight is 291 g/mol. The van der Waals surface area contributed by atoms with E-state index in [-0.39, 0.29) is 17.5 Å². The van der Waals surface area contributed by atoms with E-state index in [2.05, 4.69) is 5.32 Å². The van der Waals surface area contributed by atoms with Gasteiger partial charge >= 0.3 is 0 Å². The van der Waals surface area contributed by atoms with Crippen molar-refractivity contribution in [2.24, 2.45) is 0 Å². The van der Waals surface area contributed by atoms with Crippen molar-refractivity contribution >= 4 is 23.0 Å². The number of hydrogen-bond donors (Lipinski definition) is 1. The van der Waals surface area contributed by atoms with Gasteiger partial charge in [-0.2, -0.15) is 0 Å². The van der Waals surface area contributed by atoms with Crippen LogP contribution in [0.4, 0.5) is 4.39 Å². The molecule has 2 rings (SSSR count). The van der Waals surface area contributed by atoms with E-state index in [1.807, 2.05) is 6.07 Å². The minimum atomic E-state index is -0.364. The van der Waals surface area contributed by atoms with E-state index in [0.29, 0.717) is 18.5 Å². The molecule has 3 nitrogen and oxygen atoms in total. The van der Waals surface area contributed by atoms with E-state index in [1.165, 1.54) is 42.5 Å². The summed E-state index contributed by atoms with van der Waals surface area (Å²) < 4.78 is 12.7. The predicted octanol–water partition coefficient (Wildman–Crippen LogP) is 3.06. The molecule has 0 saturated carbocycles. The van der Waals surface area contributed by atoms with Crippen LogP contribution >= 0.6 is 11.3 Å². The van der Waals surface area contributed by atoms with E-state index in [0.717, 1.165) is 9.75 Å². The Labute approximate surface area is 120 Å². The molecule has 0 bridgehead atoms. The summed E-state index contributed by atoms with van der Waals surface area (Å²) in [5.41, 5.74) is 0.432. The molecule has 1 amide bonds. The van der Waals surface area contributed by atoms with Crippen LogP contribution in [0.15, 0.2) is 36.4 Å². The summed E-state index contributed by atoms with van der Waals surface area (Å²) in [7, 11) is 0. The van der Waals surface area contributed by atoms with Gasteiger partial charge in [0.1, 0.15) is 5.82 Å². The SMILES string of the molecule is CC(=O)c1ccc(CCNC(=O)c2ccc(F)cc2)s1. The first-order valence-corrected chi connectivity index (χ1v) is 7.01. The number of halogens is 1. The van der Waals surface area contributed by atoms with Crippen molar-refractivity contribution in [3.05, 3.63) is 57.5 Å². The summed E-state index contributed by atoms with van der Waals surface area (Å²) >= 11 is 1.44. The molecule has 1 aromatic carbocycles. The van der Waals surface area contributed by atoms with Crippen LogP contribution in [0.3, 0.4) is 0 Å². The minimum absolute atomic E-state index is 0.0524. The Bertz CT molecular complexity index is 619. The Hall–Kier alpha value is -2.01. The zero-order valence-corrected chi connectivity index (χ0v) is 11.8. The molecule has 20 heavy (non-hydrogen) atoms. The Morgan fingerprint density at radius 1 is 1.15 bits per heavy atom. The first kappa shape index (κ1) is 14.4. The van der Waals surface area contributed by atoms with Crippen molar-refractivity contribution in [1.29, 1.82) is 0 Å². The van der Waals surface area contributed by atoms with Gasteiger partial charge in [-0.05, 0) is 49.7 Å². The number of Topliss-reactive ketones (excluding diaryl/α,β-unsaturated/α-hetero) is 1. The van der Waals surface area contributed by atoms with E-state index in [1.54, 1.807) is 6.07 Å². The standard InChI is InChI=1S/C15H14FNO2S/c1-10(18)14-7-6-13(20-14)8-9-17-15(19)11-2-4-12(16)5-3-11/h2-7H,8-9H2,1H3,(H,17,19). The highest BCUT2D eigenvalue weighted by Gasteiger charge is 2.07. The van der Waals surface area contributed by atoms with Gasteiger partial charge in [-0.1, -0.05) is 0 Å². The molecule has 5 heteroatoms. The number of rotatable bonds is 5. The molecule has 0 spiro atoms. The Morgan fingerprint density at radius 2 is 1.85 bits per heavy atom. The van der Waals surface area contributed by atoms with Crippen LogP contribution < -0.4 is 5.32 Å². The van der Waals surface area contributed by atoms with Gasteiger partial charge in [0.05, 0.1) is 4.88 Å². The predicted molar refractivity (Wildman–Crippen MR) is 76.8 cm³/mol. The third-order valence-electron chi connectivity index (χ3n) is 2.77. The summed E-state index contributed by atoms with van der Waals surface area (Å²) in [6.45, 7) is 2.01. The van der Waals surface area contributed by atoms with Crippen molar-refractivity contribution in [2.45, 2.75) is 13.3 Å². The van der Waals surface area contributed by atoms with Crippen LogP contribution in [0, 0.1) is 5.82 Å². The lowest BCUT2D eigenvalue weighted by atomic mass is 10.2. The molecular formula is C15H14FNO2S. The van der Waals surface area contributed by atoms with Gasteiger partial charge in [-0.15, -0.1) is 11.3 Å². The van der Waals surface area contributed by atoms with Crippen LogP contribution in [0.25, 0.3) is 0 Å². The lowest BCUT2D eigenvalue weighted by molar-refractivity contribution is 0.0953. The normalized spacial score (nSPS) is 10.3. The summed E-state index contributed by atoms with van der Waals surface area (Å²) in [5.74, 6) is -0.540. The maximum Gasteiger partial charge on any atom is 0.251 e. The average Bonchev–Trinajstić information content (AvgIpc) is 2.88. The van der Waals surface area contributed by atoms with Gasteiger partial charge < -0.3 is 5.32 Å². The zero-order valence-electron chi connectivity index (χ0n) is 11.0. The molecule has 2 aromatic rings. The second kappa shape index (κ2) is 6.43. The number of amides is 1. The third-order valence-corrected chi connectivity index (χ3v) is 4.02. The summed E-state index contributed by atoms with van der Waals surface area (Å²) in [5, 5.41) is 2.77. The molecule has 0 unspecified atom stereocenters. The number of thiophene rings is 1. The number of hydrogen-bond acceptors (Lipinski definition) is 3. The quantitative estimate of drug-likeness (QED) is 0.861. The molecule has 1 aromatic heterocycles. The van der Waals surface area contributed by atoms with Crippen LogP contribution in [-0.4, -0.2) is 18.2 Å². The second-order valence-corrected chi connectivity index (χ2v) is 5.50. The molecule has 104 valence electrons. The van der Waals surface area contributed by atoms with Gasteiger partial charge in [0.2, 0.25) is 0 Å². The second-order valence-electron chi connectivity index (χ2n) is 4.33. The lowest BCUT2D eigenvalue weighted by Gasteiger charge is -2.04. The highest BCUT2D eigenvalue weighted by molar-refractivity contribution is 7.14. The molecule has 0 aliphatic rings. The fraction of sp³-hybridized carbons (Fsp3) is 0.200. The number of carbonyl (C=O) groups excluding carboxylic acids is 2. The fourth-order valence-corrected chi connectivity index (χ4v) is 2.61. The molecule has 0 radical (unpaired) electrons. The highest BCUT2D eigenvalue weighted by Crippen LogP contribution is 2.17. The van der Waals surface area contributed by atoms with E-state index >= 15 is 0 Å². The Kier molecular flexibility index (Phi) is 4.63. The zero-order chi connectivity index (χ0) is 14.5. The lowest BCUT2D eigenvalue weighted by Crippen LogP contribution is -2.25. The third kappa shape index (κ3) is 3.74. The van der Waals surface area contributed by atoms with Gasteiger partial charge in [-0.3, -0.25) is 9.59 Å². The van der Waals surface area contributed by atoms with Crippen molar-refractivity contribution in [3.8, 4) is 0 Å². The fourth-order valence-electron chi connectivity index (χ4n) is 1.70. The summed E-state index contributed by atoms with van der Waals surface area (Å²) in [6, 6.07) is 9.10. The van der Waals surface area contributed by atoms with Crippen LogP contribution in [0.2, 0.25) is 0 Å². The largest absolute Gasteiger partial charge is 0.352 e. The van der Waals surface area contributed by atoms with Gasteiger partial charge in [0, 0.05) is 17.0 Å². The minimum Gasteiger partial charge on any atom is -0.352 e. The Balaban J connectivity index is 1.84. The van der Waals surface area contributed by atoms with Crippen LogP contribution in [0.5, 0.6) is 0 Å². The van der Waals surface area contributed by atoms with E-state index in [9.17, 15) is 14.0 Å². The first-order chi connectivity index (χ1) is 9.56. The van der Waals surface area contributed by atoms with Gasteiger partial charge in [-0.25, -0.2) is 4.39 Å². The molecule has 0 aliphatic heterocycles. The van der Waals surface area contributed by atoms with Crippen LogP contribution in [-0.2, 0) is 6.42 Å². The first-order valence-electron chi connectivity index (χ1n) is 6.19. The van der Waals surface area contributed by atoms with Gasteiger partial charge in [0.25, 0.3) is 5.91 Å². The molecule has 0 fully saturated rings. The van der Waals surface area contributed by atoms with Crippen molar-refractivity contribution in [3.63, 3.8) is 0 Å². The molecule has 1 N–H and O–H groups in total. The van der Waals surface area contributed by atoms with Crippen molar-refractivity contribution in [1.82, 2.24) is 5.32 Å². The van der Waals surface area contributed by atoms with Crippen LogP contribution in [0.1, 0.15) is 31.8 Å². The number of carbonyl (C=O) groups is 2. The number of benzene rings is 1. The number of ketones is 1. The highest BCUT2D eigenvalue weighted by atomic mass is 32.1. The van der Waals surface area contributed by atoms with E-state index < -0.39 is 0 Å². The van der Waals surface area contributed by atoms with E-state index in [4.69, 9.17) is 0 Å². The summed E-state index contributed by atoms with van der Waals surface area (Å²) in [6.07, 6.45) is 0.672.